The fraction of sp³-hybridized carbons (Fsp3) is 0.500. The summed E-state index contributed by atoms with van der Waals surface area (Å²) in [5, 5.41) is 2.69. The molecule has 5 heteroatoms. The highest BCUT2D eigenvalue weighted by atomic mass is 16.6. The van der Waals surface area contributed by atoms with E-state index in [1.807, 2.05) is 19.9 Å². The number of nitrogens with one attached hydrogen (secondary N) is 2. The Bertz CT molecular complexity index is 605. The lowest BCUT2D eigenvalue weighted by Gasteiger charge is -2.05. The predicted molar refractivity (Wildman–Crippen MR) is 83.6 cm³/mol. The van der Waals surface area contributed by atoms with E-state index in [9.17, 15) is 4.79 Å². The van der Waals surface area contributed by atoms with Crippen LogP contribution in [0, 0.1) is 5.92 Å². The van der Waals surface area contributed by atoms with E-state index >= 15 is 0 Å². The van der Waals surface area contributed by atoms with Crippen molar-refractivity contribution >= 4 is 17.1 Å². The zero-order chi connectivity index (χ0) is 15.2. The van der Waals surface area contributed by atoms with Crippen molar-refractivity contribution < 1.29 is 9.53 Å². The zero-order valence-corrected chi connectivity index (χ0v) is 12.9. The number of nitrogens with zero attached hydrogens (tertiary/aromatic N) is 1. The minimum atomic E-state index is -0.478. The molecule has 0 bridgehead atoms. The summed E-state index contributed by atoms with van der Waals surface area (Å²) < 4.78 is 5.15. The van der Waals surface area contributed by atoms with Gasteiger partial charge in [-0.05, 0) is 36.5 Å². The Kier molecular flexibility index (Phi) is 5.20. The Balaban J connectivity index is 2.03. The first-order valence-electron chi connectivity index (χ1n) is 7.52. The first kappa shape index (κ1) is 15.4. The average Bonchev–Trinajstić information content (AvgIpc) is 2.84. The Morgan fingerprint density at radius 1 is 1.43 bits per heavy atom. The number of carbonyl (C=O) groups excluding carboxylic acids is 1. The van der Waals surface area contributed by atoms with Gasteiger partial charge in [-0.1, -0.05) is 33.3 Å². The van der Waals surface area contributed by atoms with Crippen LogP contribution in [0.2, 0.25) is 0 Å². The molecule has 1 aromatic heterocycles. The maximum absolute atomic E-state index is 11.6. The second-order valence-corrected chi connectivity index (χ2v) is 5.66. The molecule has 2 rings (SSSR count). The third-order valence-electron chi connectivity index (χ3n) is 3.19. The van der Waals surface area contributed by atoms with Gasteiger partial charge in [0.25, 0.3) is 0 Å². The topological polar surface area (TPSA) is 67.0 Å². The maximum atomic E-state index is 11.6. The van der Waals surface area contributed by atoms with Crippen LogP contribution in [-0.4, -0.2) is 22.6 Å². The van der Waals surface area contributed by atoms with Crippen molar-refractivity contribution in [3.8, 4) is 6.01 Å². The van der Waals surface area contributed by atoms with Crippen molar-refractivity contribution in [1.29, 1.82) is 0 Å². The van der Waals surface area contributed by atoms with Gasteiger partial charge in [-0.3, -0.25) is 0 Å². The highest BCUT2D eigenvalue weighted by Crippen LogP contribution is 2.18. The molecule has 0 radical (unpaired) electrons. The lowest BCUT2D eigenvalue weighted by Crippen LogP contribution is -2.30. The number of imidazole rings is 1. The van der Waals surface area contributed by atoms with Crippen LogP contribution in [0.4, 0.5) is 4.79 Å². The molecule has 114 valence electrons. The van der Waals surface area contributed by atoms with Crippen molar-refractivity contribution in [2.75, 3.05) is 6.54 Å². The van der Waals surface area contributed by atoms with Gasteiger partial charge in [0.2, 0.25) is 0 Å². The second-order valence-electron chi connectivity index (χ2n) is 5.66. The van der Waals surface area contributed by atoms with Gasteiger partial charge in [-0.2, -0.15) is 4.98 Å². The van der Waals surface area contributed by atoms with Crippen molar-refractivity contribution in [3.05, 3.63) is 23.8 Å². The van der Waals surface area contributed by atoms with Crippen LogP contribution in [0.15, 0.2) is 18.2 Å². The summed E-state index contributed by atoms with van der Waals surface area (Å²) in [4.78, 5) is 18.9. The second kappa shape index (κ2) is 7.11. The number of ether oxygens (including phenoxy) is 1. The molecular weight excluding hydrogens is 266 g/mol. The fourth-order valence-corrected chi connectivity index (χ4v) is 2.03. The third kappa shape index (κ3) is 4.48. The number of benzene rings is 1. The maximum Gasteiger partial charge on any atom is 0.415 e. The number of amides is 1. The van der Waals surface area contributed by atoms with E-state index in [0.29, 0.717) is 12.5 Å². The number of hydrogen-bond donors (Lipinski definition) is 2. The van der Waals surface area contributed by atoms with Crippen LogP contribution in [0.3, 0.4) is 0 Å². The van der Waals surface area contributed by atoms with Crippen LogP contribution in [0.5, 0.6) is 6.01 Å². The van der Waals surface area contributed by atoms with Gasteiger partial charge in [-0.15, -0.1) is 0 Å². The SMILES string of the molecule is CCCCc1ccc2nc(OC(=O)NCC(C)C)[nH]c2c1. The van der Waals surface area contributed by atoms with E-state index in [1.165, 1.54) is 18.4 Å². The van der Waals surface area contributed by atoms with Gasteiger partial charge in [0, 0.05) is 6.54 Å². The van der Waals surface area contributed by atoms with Gasteiger partial charge < -0.3 is 15.0 Å². The first-order chi connectivity index (χ1) is 10.1. The Morgan fingerprint density at radius 2 is 2.24 bits per heavy atom. The zero-order valence-electron chi connectivity index (χ0n) is 12.9. The number of aromatic nitrogens is 2. The normalized spacial score (nSPS) is 11.0. The van der Waals surface area contributed by atoms with Gasteiger partial charge >= 0.3 is 12.1 Å². The van der Waals surface area contributed by atoms with Gasteiger partial charge in [-0.25, -0.2) is 4.79 Å². The molecule has 0 aliphatic heterocycles. The standard InChI is InChI=1S/C16H23N3O2/c1-4-5-6-12-7-8-13-14(9-12)19-15(18-13)21-16(20)17-10-11(2)3/h7-9,11H,4-6,10H2,1-3H3,(H,17,20)(H,18,19). The fourth-order valence-electron chi connectivity index (χ4n) is 2.03. The number of hydrogen-bond acceptors (Lipinski definition) is 3. The van der Waals surface area contributed by atoms with Crippen molar-refractivity contribution in [2.45, 2.75) is 40.0 Å². The molecule has 2 N–H and O–H groups in total. The summed E-state index contributed by atoms with van der Waals surface area (Å²) >= 11 is 0. The molecule has 0 spiro atoms. The van der Waals surface area contributed by atoms with Crippen molar-refractivity contribution in [1.82, 2.24) is 15.3 Å². The number of H-pyrrole nitrogens is 1. The molecule has 0 fully saturated rings. The first-order valence-corrected chi connectivity index (χ1v) is 7.52. The predicted octanol–water partition coefficient (Wildman–Crippen LogP) is 3.65. The molecule has 1 aromatic carbocycles. The third-order valence-corrected chi connectivity index (χ3v) is 3.19. The van der Waals surface area contributed by atoms with E-state index in [0.717, 1.165) is 17.5 Å². The Hall–Kier alpha value is -2.04. The summed E-state index contributed by atoms with van der Waals surface area (Å²) in [6.45, 7) is 6.81. The molecule has 0 unspecified atom stereocenters. The highest BCUT2D eigenvalue weighted by Gasteiger charge is 2.09. The van der Waals surface area contributed by atoms with Crippen LogP contribution in [-0.2, 0) is 6.42 Å². The highest BCUT2D eigenvalue weighted by molar-refractivity contribution is 5.78. The Labute approximate surface area is 125 Å². The number of unbranched alkanes of at least 4 members (excludes halogenated alkanes) is 1. The largest absolute Gasteiger partial charge is 0.415 e. The average molecular weight is 289 g/mol. The quantitative estimate of drug-likeness (QED) is 0.853. The summed E-state index contributed by atoms with van der Waals surface area (Å²) in [6.07, 6.45) is 2.91. The number of fused-ring (bicyclic) bond motifs is 1. The molecule has 5 nitrogen and oxygen atoms in total. The van der Waals surface area contributed by atoms with Crippen LogP contribution >= 0.6 is 0 Å². The molecule has 1 heterocycles. The van der Waals surface area contributed by atoms with E-state index < -0.39 is 6.09 Å². The Morgan fingerprint density at radius 3 is 2.95 bits per heavy atom. The molecule has 0 aliphatic rings. The minimum absolute atomic E-state index is 0.235. The molecule has 21 heavy (non-hydrogen) atoms. The molecule has 0 saturated heterocycles. The van der Waals surface area contributed by atoms with Crippen LogP contribution in [0.25, 0.3) is 11.0 Å². The molecule has 1 amide bonds. The molecule has 0 aliphatic carbocycles. The van der Waals surface area contributed by atoms with E-state index in [4.69, 9.17) is 4.74 Å². The lowest BCUT2D eigenvalue weighted by atomic mass is 10.1. The van der Waals surface area contributed by atoms with E-state index in [2.05, 4.69) is 34.3 Å². The molecule has 0 atom stereocenters. The summed E-state index contributed by atoms with van der Waals surface area (Å²) in [5.41, 5.74) is 2.97. The number of carbonyl (C=O) groups is 1. The van der Waals surface area contributed by atoms with Gasteiger partial charge in [0.15, 0.2) is 0 Å². The molecular formula is C16H23N3O2. The lowest BCUT2D eigenvalue weighted by molar-refractivity contribution is 0.195. The van der Waals surface area contributed by atoms with Crippen molar-refractivity contribution in [3.63, 3.8) is 0 Å². The summed E-state index contributed by atoms with van der Waals surface area (Å²) in [5.74, 6) is 0.384. The van der Waals surface area contributed by atoms with E-state index in [-0.39, 0.29) is 6.01 Å². The molecule has 0 saturated carbocycles. The van der Waals surface area contributed by atoms with Crippen LogP contribution in [0.1, 0.15) is 39.2 Å². The van der Waals surface area contributed by atoms with E-state index in [1.54, 1.807) is 0 Å². The van der Waals surface area contributed by atoms with Crippen LogP contribution < -0.4 is 10.1 Å². The molecule has 2 aromatic rings. The number of rotatable bonds is 6. The summed E-state index contributed by atoms with van der Waals surface area (Å²) in [6, 6.07) is 6.33. The minimum Gasteiger partial charge on any atom is -0.375 e. The number of aryl methyl sites for hydroxylation is 1. The number of aromatic amines is 1. The smallest absolute Gasteiger partial charge is 0.375 e. The monoisotopic (exact) mass is 289 g/mol. The van der Waals surface area contributed by atoms with Gasteiger partial charge in [0.1, 0.15) is 0 Å². The van der Waals surface area contributed by atoms with Gasteiger partial charge in [0.05, 0.1) is 11.0 Å². The summed E-state index contributed by atoms with van der Waals surface area (Å²) in [7, 11) is 0. The van der Waals surface area contributed by atoms with Crippen molar-refractivity contribution in [2.24, 2.45) is 5.92 Å².